The second-order valence-electron chi connectivity index (χ2n) is 11.3. The van der Waals surface area contributed by atoms with Gasteiger partial charge in [-0.3, -0.25) is 0 Å². The molecule has 0 unspecified atom stereocenters. The highest BCUT2D eigenvalue weighted by Gasteiger charge is 2.41. The van der Waals surface area contributed by atoms with Crippen LogP contribution in [0.2, 0.25) is 0 Å². The molecular formula is C42H31NSi. The van der Waals surface area contributed by atoms with Crippen molar-refractivity contribution in [3.05, 3.63) is 188 Å². The monoisotopic (exact) mass is 577 g/mol. The van der Waals surface area contributed by atoms with Gasteiger partial charge in [0.25, 0.3) is 0 Å². The second-order valence-corrected chi connectivity index (χ2v) is 15.1. The third kappa shape index (κ3) is 4.15. The Bertz CT molecular complexity index is 2070. The molecule has 1 nitrogen and oxygen atoms in total. The van der Waals surface area contributed by atoms with E-state index in [9.17, 15) is 0 Å². The van der Waals surface area contributed by atoms with Crippen molar-refractivity contribution in [2.45, 2.75) is 0 Å². The van der Waals surface area contributed by atoms with Gasteiger partial charge in [0.05, 0.1) is 16.7 Å². The van der Waals surface area contributed by atoms with E-state index in [4.69, 9.17) is 0 Å². The van der Waals surface area contributed by atoms with Crippen molar-refractivity contribution in [1.82, 2.24) is 4.57 Å². The Kier molecular flexibility index (Phi) is 6.55. The molecule has 7 aromatic carbocycles. The van der Waals surface area contributed by atoms with Gasteiger partial charge in [-0.05, 0) is 44.5 Å². The van der Waals surface area contributed by atoms with Crippen LogP contribution in [0.4, 0.5) is 0 Å². The van der Waals surface area contributed by atoms with Crippen molar-refractivity contribution in [3.8, 4) is 16.8 Å². The summed E-state index contributed by atoms with van der Waals surface area (Å²) in [5.74, 6) is 0. The number of rotatable bonds is 6. The minimum atomic E-state index is -2.64. The molecule has 0 radical (unpaired) electrons. The zero-order valence-electron chi connectivity index (χ0n) is 24.3. The van der Waals surface area contributed by atoms with Crippen LogP contribution in [0.3, 0.4) is 0 Å². The highest BCUT2D eigenvalue weighted by atomic mass is 28.3. The van der Waals surface area contributed by atoms with Crippen LogP contribution in [0.15, 0.2) is 188 Å². The van der Waals surface area contributed by atoms with Crippen molar-refractivity contribution in [2.75, 3.05) is 0 Å². The summed E-state index contributed by atoms with van der Waals surface area (Å²) in [6, 6.07) is 69.1. The standard InChI is InChI=1S/C42H31NSi/c1-4-18-33(19-5-1)44(34-20-6-2-7-21-34,35-22-8-3-9-23-35)36-24-16-17-32(31-36)37-25-10-13-28-40(37)43-41-29-14-11-26-38(41)39-27-12-15-30-42(39)43/h1-31H. The molecule has 0 aliphatic rings. The molecule has 0 aliphatic carbocycles. The van der Waals surface area contributed by atoms with E-state index in [1.165, 1.54) is 59.4 Å². The molecule has 0 aliphatic heterocycles. The quantitative estimate of drug-likeness (QED) is 0.140. The molecule has 1 heterocycles. The summed E-state index contributed by atoms with van der Waals surface area (Å²) in [5.41, 5.74) is 6.07. The lowest BCUT2D eigenvalue weighted by Crippen LogP contribution is -2.74. The first-order valence-corrected chi connectivity index (χ1v) is 17.2. The van der Waals surface area contributed by atoms with Gasteiger partial charge < -0.3 is 4.57 Å². The Morgan fingerprint density at radius 3 is 1.32 bits per heavy atom. The van der Waals surface area contributed by atoms with E-state index in [0.717, 1.165) is 0 Å². The average Bonchev–Trinajstić information content (AvgIpc) is 3.45. The topological polar surface area (TPSA) is 4.93 Å². The van der Waals surface area contributed by atoms with Crippen molar-refractivity contribution < 1.29 is 0 Å². The van der Waals surface area contributed by atoms with Gasteiger partial charge in [-0.25, -0.2) is 0 Å². The summed E-state index contributed by atoms with van der Waals surface area (Å²) in [5, 5.41) is 8.06. The lowest BCUT2D eigenvalue weighted by atomic mass is 10.0. The van der Waals surface area contributed by atoms with Crippen LogP contribution in [-0.4, -0.2) is 12.6 Å². The molecule has 0 atom stereocenters. The Balaban J connectivity index is 1.41. The van der Waals surface area contributed by atoms with Crippen LogP contribution >= 0.6 is 0 Å². The summed E-state index contributed by atoms with van der Waals surface area (Å²) < 4.78 is 2.43. The molecule has 1 aromatic heterocycles. The van der Waals surface area contributed by atoms with Gasteiger partial charge in [0, 0.05) is 16.3 Å². The molecule has 2 heteroatoms. The molecule has 0 fully saturated rings. The molecule has 0 amide bonds. The molecular weight excluding hydrogens is 547 g/mol. The minimum absolute atomic E-state index is 1.19. The summed E-state index contributed by atoms with van der Waals surface area (Å²) >= 11 is 0. The van der Waals surface area contributed by atoms with Crippen LogP contribution in [0, 0.1) is 0 Å². The number of benzene rings is 7. The molecule has 44 heavy (non-hydrogen) atoms. The number of para-hydroxylation sites is 3. The van der Waals surface area contributed by atoms with Gasteiger partial charge in [0.2, 0.25) is 0 Å². The zero-order chi connectivity index (χ0) is 29.3. The van der Waals surface area contributed by atoms with Gasteiger partial charge in [-0.2, -0.15) is 0 Å². The number of hydrogen-bond donors (Lipinski definition) is 0. The maximum absolute atomic E-state index is 2.64. The van der Waals surface area contributed by atoms with Crippen molar-refractivity contribution in [1.29, 1.82) is 0 Å². The van der Waals surface area contributed by atoms with E-state index < -0.39 is 8.07 Å². The zero-order valence-corrected chi connectivity index (χ0v) is 25.3. The molecule has 0 N–H and O–H groups in total. The predicted octanol–water partition coefficient (Wildman–Crippen LogP) is 7.83. The maximum Gasteiger partial charge on any atom is 0.179 e. The fourth-order valence-electron chi connectivity index (χ4n) is 7.08. The smallest absolute Gasteiger partial charge is 0.179 e. The minimum Gasteiger partial charge on any atom is -0.309 e. The molecule has 8 aromatic rings. The van der Waals surface area contributed by atoms with E-state index in [0.29, 0.717) is 0 Å². The maximum atomic E-state index is 2.46. The van der Waals surface area contributed by atoms with Gasteiger partial charge >= 0.3 is 0 Å². The largest absolute Gasteiger partial charge is 0.309 e. The van der Waals surface area contributed by atoms with Gasteiger partial charge in [0.15, 0.2) is 8.07 Å². The fourth-order valence-corrected chi connectivity index (χ4v) is 11.9. The molecule has 208 valence electrons. The lowest BCUT2D eigenvalue weighted by Gasteiger charge is -2.34. The number of fused-ring (bicyclic) bond motifs is 3. The molecule has 0 saturated carbocycles. The third-order valence-corrected chi connectivity index (χ3v) is 13.7. The van der Waals surface area contributed by atoms with Crippen molar-refractivity contribution >= 4 is 50.6 Å². The van der Waals surface area contributed by atoms with Crippen LogP contribution in [0.25, 0.3) is 38.6 Å². The van der Waals surface area contributed by atoms with Crippen LogP contribution in [0.5, 0.6) is 0 Å². The first-order chi connectivity index (χ1) is 21.9. The van der Waals surface area contributed by atoms with E-state index in [2.05, 4.69) is 193 Å². The summed E-state index contributed by atoms with van der Waals surface area (Å²) in [6.07, 6.45) is 0. The van der Waals surface area contributed by atoms with E-state index in [-0.39, 0.29) is 0 Å². The van der Waals surface area contributed by atoms with Crippen molar-refractivity contribution in [2.24, 2.45) is 0 Å². The third-order valence-electron chi connectivity index (χ3n) is 8.95. The number of aromatic nitrogens is 1. The summed E-state index contributed by atoms with van der Waals surface area (Å²) in [7, 11) is -2.64. The highest BCUT2D eigenvalue weighted by Crippen LogP contribution is 2.35. The van der Waals surface area contributed by atoms with Gasteiger partial charge in [-0.1, -0.05) is 170 Å². The average molecular weight is 578 g/mol. The highest BCUT2D eigenvalue weighted by molar-refractivity contribution is 7.19. The van der Waals surface area contributed by atoms with Gasteiger partial charge in [-0.15, -0.1) is 0 Å². The second kappa shape index (κ2) is 11.0. The summed E-state index contributed by atoms with van der Waals surface area (Å²) in [6.45, 7) is 0. The number of hydrogen-bond acceptors (Lipinski definition) is 0. The predicted molar refractivity (Wildman–Crippen MR) is 190 cm³/mol. The molecule has 8 rings (SSSR count). The van der Waals surface area contributed by atoms with Crippen LogP contribution in [0.1, 0.15) is 0 Å². The SMILES string of the molecule is c1ccc([Si](c2ccccc2)(c2ccccc2)c2cccc(-c3ccccc3-n3c4ccccc4c4ccccc43)c2)cc1. The van der Waals surface area contributed by atoms with Gasteiger partial charge in [0.1, 0.15) is 0 Å². The normalized spacial score (nSPS) is 11.6. The first kappa shape index (κ1) is 26.2. The Hall–Kier alpha value is -5.44. The first-order valence-electron chi connectivity index (χ1n) is 15.2. The number of nitrogens with zero attached hydrogens (tertiary/aromatic N) is 1. The van der Waals surface area contributed by atoms with Crippen LogP contribution in [-0.2, 0) is 0 Å². The Morgan fingerprint density at radius 2 is 0.773 bits per heavy atom. The molecule has 0 spiro atoms. The van der Waals surface area contributed by atoms with E-state index >= 15 is 0 Å². The molecule has 0 saturated heterocycles. The molecule has 0 bridgehead atoms. The Morgan fingerprint density at radius 1 is 0.341 bits per heavy atom. The van der Waals surface area contributed by atoms with Crippen molar-refractivity contribution in [3.63, 3.8) is 0 Å². The summed E-state index contributed by atoms with van der Waals surface area (Å²) in [4.78, 5) is 0. The fraction of sp³-hybridized carbons (Fsp3) is 0. The Labute approximate surface area is 259 Å². The van der Waals surface area contributed by atoms with Crippen LogP contribution < -0.4 is 20.7 Å². The van der Waals surface area contributed by atoms with E-state index in [1.807, 2.05) is 0 Å². The van der Waals surface area contributed by atoms with E-state index in [1.54, 1.807) is 0 Å². The lowest BCUT2D eigenvalue weighted by molar-refractivity contribution is 1.18.